The summed E-state index contributed by atoms with van der Waals surface area (Å²) in [6.07, 6.45) is 3.99. The minimum Gasteiger partial charge on any atom is -0.300 e. The Labute approximate surface area is 61.7 Å². The maximum atomic E-state index is 10.5. The molecule has 0 spiro atoms. The van der Waals surface area contributed by atoms with Crippen LogP contribution in [0.25, 0.3) is 0 Å². The highest BCUT2D eigenvalue weighted by Crippen LogP contribution is 1.88. The maximum absolute atomic E-state index is 10.5. The SMILES string of the molecule is C/C=C\N=C(C)CC(C)=O. The Kier molecular flexibility index (Phi) is 4.46. The molecule has 0 saturated carbocycles. The van der Waals surface area contributed by atoms with Gasteiger partial charge in [0, 0.05) is 18.3 Å². The van der Waals surface area contributed by atoms with E-state index in [1.165, 1.54) is 0 Å². The van der Waals surface area contributed by atoms with Gasteiger partial charge in [0.1, 0.15) is 5.78 Å². The van der Waals surface area contributed by atoms with Gasteiger partial charge in [-0.3, -0.25) is 9.79 Å². The van der Waals surface area contributed by atoms with Crippen molar-refractivity contribution in [2.24, 2.45) is 4.99 Å². The van der Waals surface area contributed by atoms with Gasteiger partial charge >= 0.3 is 0 Å². The molecular formula is C8H13NO. The Morgan fingerprint density at radius 2 is 2.10 bits per heavy atom. The number of hydrogen-bond acceptors (Lipinski definition) is 2. The van der Waals surface area contributed by atoms with E-state index in [2.05, 4.69) is 4.99 Å². The van der Waals surface area contributed by atoms with Gasteiger partial charge in [0.05, 0.1) is 0 Å². The van der Waals surface area contributed by atoms with E-state index in [-0.39, 0.29) is 5.78 Å². The fraction of sp³-hybridized carbons (Fsp3) is 0.500. The summed E-state index contributed by atoms with van der Waals surface area (Å²) in [5.74, 6) is 0.158. The zero-order valence-corrected chi connectivity index (χ0v) is 6.72. The molecule has 0 radical (unpaired) electrons. The second kappa shape index (κ2) is 4.91. The smallest absolute Gasteiger partial charge is 0.135 e. The molecule has 10 heavy (non-hydrogen) atoms. The largest absolute Gasteiger partial charge is 0.300 e. The van der Waals surface area contributed by atoms with Gasteiger partial charge in [-0.1, -0.05) is 6.08 Å². The van der Waals surface area contributed by atoms with Gasteiger partial charge in [-0.05, 0) is 20.8 Å². The Morgan fingerprint density at radius 1 is 1.50 bits per heavy atom. The van der Waals surface area contributed by atoms with Gasteiger partial charge in [-0.25, -0.2) is 0 Å². The van der Waals surface area contributed by atoms with Crippen molar-refractivity contribution in [2.75, 3.05) is 0 Å². The van der Waals surface area contributed by atoms with Crippen LogP contribution in [0.15, 0.2) is 17.3 Å². The van der Waals surface area contributed by atoms with Gasteiger partial charge in [0.2, 0.25) is 0 Å². The van der Waals surface area contributed by atoms with Crippen LogP contribution in [0.1, 0.15) is 27.2 Å². The van der Waals surface area contributed by atoms with Crippen molar-refractivity contribution in [3.63, 3.8) is 0 Å². The lowest BCUT2D eigenvalue weighted by Gasteiger charge is -1.91. The molecular weight excluding hydrogens is 126 g/mol. The van der Waals surface area contributed by atoms with Crippen molar-refractivity contribution in [2.45, 2.75) is 27.2 Å². The van der Waals surface area contributed by atoms with E-state index in [9.17, 15) is 4.79 Å². The van der Waals surface area contributed by atoms with Crippen LogP contribution in [-0.4, -0.2) is 11.5 Å². The highest BCUT2D eigenvalue weighted by atomic mass is 16.1. The standard InChI is InChI=1S/C8H13NO/c1-4-5-9-7(2)6-8(3)10/h4-5H,6H2,1-3H3/b5-4-,9-7?. The molecule has 0 saturated heterocycles. The molecule has 2 heteroatoms. The van der Waals surface area contributed by atoms with E-state index in [0.29, 0.717) is 6.42 Å². The molecule has 0 rings (SSSR count). The average molecular weight is 139 g/mol. The van der Waals surface area contributed by atoms with Crippen LogP contribution in [-0.2, 0) is 4.79 Å². The zero-order valence-electron chi connectivity index (χ0n) is 6.72. The summed E-state index contributed by atoms with van der Waals surface area (Å²) in [5, 5.41) is 0. The summed E-state index contributed by atoms with van der Waals surface area (Å²) in [4.78, 5) is 14.5. The van der Waals surface area contributed by atoms with E-state index in [1.807, 2.05) is 19.9 Å². The maximum Gasteiger partial charge on any atom is 0.135 e. The molecule has 0 bridgehead atoms. The highest BCUT2D eigenvalue weighted by molar-refractivity contribution is 5.99. The molecule has 0 amide bonds. The third-order valence-corrected chi connectivity index (χ3v) is 0.949. The summed E-state index contributed by atoms with van der Waals surface area (Å²) < 4.78 is 0. The van der Waals surface area contributed by atoms with Crippen LogP contribution in [0.2, 0.25) is 0 Å². The Morgan fingerprint density at radius 3 is 2.50 bits per heavy atom. The minimum atomic E-state index is 0.158. The fourth-order valence-electron chi connectivity index (χ4n) is 0.608. The van der Waals surface area contributed by atoms with E-state index < -0.39 is 0 Å². The first-order chi connectivity index (χ1) is 4.66. The van der Waals surface area contributed by atoms with E-state index >= 15 is 0 Å². The third-order valence-electron chi connectivity index (χ3n) is 0.949. The van der Waals surface area contributed by atoms with Crippen LogP contribution in [0.5, 0.6) is 0 Å². The Bertz CT molecular complexity index is 168. The molecule has 0 N–H and O–H groups in total. The fourth-order valence-corrected chi connectivity index (χ4v) is 0.608. The lowest BCUT2D eigenvalue weighted by molar-refractivity contribution is -0.115. The second-order valence-corrected chi connectivity index (χ2v) is 2.23. The van der Waals surface area contributed by atoms with Gasteiger partial charge in [-0.15, -0.1) is 0 Å². The first-order valence-electron chi connectivity index (χ1n) is 3.30. The van der Waals surface area contributed by atoms with Crippen LogP contribution in [0.3, 0.4) is 0 Å². The molecule has 0 unspecified atom stereocenters. The lowest BCUT2D eigenvalue weighted by Crippen LogP contribution is -1.98. The van der Waals surface area contributed by atoms with Crippen molar-refractivity contribution >= 4 is 11.5 Å². The predicted molar refractivity (Wildman–Crippen MR) is 43.2 cm³/mol. The summed E-state index contributed by atoms with van der Waals surface area (Å²) in [6, 6.07) is 0. The number of Topliss-reactive ketones (excluding diaryl/α,β-unsaturated/α-hetero) is 1. The molecule has 0 aliphatic heterocycles. The molecule has 0 aliphatic carbocycles. The number of carbonyl (C=O) groups excluding carboxylic acids is 1. The topological polar surface area (TPSA) is 29.4 Å². The summed E-state index contributed by atoms with van der Waals surface area (Å²) in [7, 11) is 0. The molecule has 0 heterocycles. The Balaban J connectivity index is 3.82. The third kappa shape index (κ3) is 5.22. The molecule has 0 atom stereocenters. The van der Waals surface area contributed by atoms with Crippen molar-refractivity contribution < 1.29 is 4.79 Å². The summed E-state index contributed by atoms with van der Waals surface area (Å²) in [6.45, 7) is 5.31. The number of aliphatic imine (C=N–C) groups is 1. The Hall–Kier alpha value is -0.920. The van der Waals surface area contributed by atoms with Crippen LogP contribution in [0.4, 0.5) is 0 Å². The molecule has 0 aliphatic rings. The van der Waals surface area contributed by atoms with Crippen LogP contribution < -0.4 is 0 Å². The predicted octanol–water partition coefficient (Wildman–Crippen LogP) is 1.96. The van der Waals surface area contributed by atoms with Crippen molar-refractivity contribution in [3.8, 4) is 0 Å². The molecule has 0 aromatic heterocycles. The summed E-state index contributed by atoms with van der Waals surface area (Å²) in [5.41, 5.74) is 0.866. The molecule has 2 nitrogen and oxygen atoms in total. The van der Waals surface area contributed by atoms with Gasteiger partial charge in [0.25, 0.3) is 0 Å². The number of allylic oxidation sites excluding steroid dienone is 1. The summed E-state index contributed by atoms with van der Waals surface area (Å²) >= 11 is 0. The average Bonchev–Trinajstić information content (AvgIpc) is 1.82. The van der Waals surface area contributed by atoms with E-state index in [1.54, 1.807) is 13.1 Å². The minimum absolute atomic E-state index is 0.158. The van der Waals surface area contributed by atoms with Gasteiger partial charge < -0.3 is 0 Å². The number of rotatable bonds is 3. The molecule has 0 aromatic rings. The highest BCUT2D eigenvalue weighted by Gasteiger charge is 1.93. The van der Waals surface area contributed by atoms with Crippen LogP contribution >= 0.6 is 0 Å². The zero-order chi connectivity index (χ0) is 7.98. The van der Waals surface area contributed by atoms with Crippen molar-refractivity contribution in [1.82, 2.24) is 0 Å². The van der Waals surface area contributed by atoms with E-state index in [4.69, 9.17) is 0 Å². The van der Waals surface area contributed by atoms with Crippen molar-refractivity contribution in [1.29, 1.82) is 0 Å². The molecule has 0 fully saturated rings. The lowest BCUT2D eigenvalue weighted by atomic mass is 10.2. The quantitative estimate of drug-likeness (QED) is 0.549. The van der Waals surface area contributed by atoms with Gasteiger partial charge in [-0.2, -0.15) is 0 Å². The molecule has 0 aromatic carbocycles. The number of hydrogen-bond donors (Lipinski definition) is 0. The second-order valence-electron chi connectivity index (χ2n) is 2.23. The van der Waals surface area contributed by atoms with E-state index in [0.717, 1.165) is 5.71 Å². The number of ketones is 1. The first kappa shape index (κ1) is 9.08. The molecule has 56 valence electrons. The first-order valence-corrected chi connectivity index (χ1v) is 3.30. The van der Waals surface area contributed by atoms with Crippen LogP contribution in [0, 0.1) is 0 Å². The number of carbonyl (C=O) groups is 1. The normalized spacial score (nSPS) is 12.5. The number of nitrogens with zero attached hydrogens (tertiary/aromatic N) is 1. The van der Waals surface area contributed by atoms with Crippen molar-refractivity contribution in [3.05, 3.63) is 12.3 Å². The monoisotopic (exact) mass is 139 g/mol. The van der Waals surface area contributed by atoms with Gasteiger partial charge in [0.15, 0.2) is 0 Å².